The van der Waals surface area contributed by atoms with E-state index in [4.69, 9.17) is 21.1 Å². The number of anilines is 1. The molecule has 0 amide bonds. The van der Waals surface area contributed by atoms with Crippen molar-refractivity contribution in [2.45, 2.75) is 25.2 Å². The lowest BCUT2D eigenvalue weighted by molar-refractivity contribution is -0.110. The van der Waals surface area contributed by atoms with Crippen LogP contribution in [-0.4, -0.2) is 26.0 Å². The second-order valence-electron chi connectivity index (χ2n) is 4.15. The summed E-state index contributed by atoms with van der Waals surface area (Å²) >= 11 is 6.06. The van der Waals surface area contributed by atoms with Gasteiger partial charge in [-0.2, -0.15) is 5.26 Å². The fourth-order valence-corrected chi connectivity index (χ4v) is 1.76. The summed E-state index contributed by atoms with van der Waals surface area (Å²) in [6.45, 7) is 1.78. The third-order valence-electron chi connectivity index (χ3n) is 2.63. The highest BCUT2D eigenvalue weighted by atomic mass is 35.5. The number of para-hydroxylation sites is 1. The molecule has 0 aliphatic heterocycles. The Kier molecular flexibility index (Phi) is 5.42. The van der Waals surface area contributed by atoms with Gasteiger partial charge in [0.05, 0.1) is 16.8 Å². The number of methoxy groups -OCH3 is 2. The highest BCUT2D eigenvalue weighted by Crippen LogP contribution is 2.26. The van der Waals surface area contributed by atoms with E-state index in [1.165, 1.54) is 0 Å². The van der Waals surface area contributed by atoms with Crippen LogP contribution in [0.1, 0.15) is 13.3 Å². The van der Waals surface area contributed by atoms with E-state index in [9.17, 15) is 5.26 Å². The minimum Gasteiger partial charge on any atom is -0.366 e. The fourth-order valence-electron chi connectivity index (χ4n) is 1.58. The average molecular weight is 269 g/mol. The van der Waals surface area contributed by atoms with Gasteiger partial charge in [-0.3, -0.25) is 0 Å². The van der Waals surface area contributed by atoms with Crippen LogP contribution in [0.15, 0.2) is 24.3 Å². The molecule has 18 heavy (non-hydrogen) atoms. The number of hydrogen-bond donors (Lipinski definition) is 1. The van der Waals surface area contributed by atoms with Crippen LogP contribution in [0.5, 0.6) is 0 Å². The van der Waals surface area contributed by atoms with Crippen LogP contribution >= 0.6 is 11.6 Å². The first kappa shape index (κ1) is 14.8. The van der Waals surface area contributed by atoms with E-state index in [1.54, 1.807) is 27.2 Å². The number of nitrogens with zero attached hydrogens (tertiary/aromatic N) is 1. The molecule has 0 aliphatic carbocycles. The van der Waals surface area contributed by atoms with Crippen LogP contribution in [0.3, 0.4) is 0 Å². The Hall–Kier alpha value is -1.28. The zero-order chi connectivity index (χ0) is 13.6. The molecule has 0 spiro atoms. The van der Waals surface area contributed by atoms with Gasteiger partial charge in [0.2, 0.25) is 0 Å². The van der Waals surface area contributed by atoms with Crippen molar-refractivity contribution in [3.63, 3.8) is 0 Å². The maximum absolute atomic E-state index is 9.31. The zero-order valence-electron chi connectivity index (χ0n) is 10.7. The highest BCUT2D eigenvalue weighted by molar-refractivity contribution is 6.33. The summed E-state index contributed by atoms with van der Waals surface area (Å²) in [4.78, 5) is 0. The van der Waals surface area contributed by atoms with Gasteiger partial charge < -0.3 is 14.8 Å². The molecule has 4 nitrogen and oxygen atoms in total. The van der Waals surface area contributed by atoms with Gasteiger partial charge in [-0.15, -0.1) is 0 Å². The number of rotatable bonds is 6. The van der Waals surface area contributed by atoms with E-state index in [1.807, 2.05) is 18.2 Å². The Bertz CT molecular complexity index is 429. The van der Waals surface area contributed by atoms with Crippen molar-refractivity contribution in [1.29, 1.82) is 5.26 Å². The summed E-state index contributed by atoms with van der Waals surface area (Å²) in [6.07, 6.45) is -0.0496. The SMILES string of the molecule is COC(CC(C)(C#N)Nc1ccccc1Cl)OC. The summed E-state index contributed by atoms with van der Waals surface area (Å²) in [5.74, 6) is 0. The molecule has 1 rings (SSSR count). The molecular formula is C13H17ClN2O2. The molecular weight excluding hydrogens is 252 g/mol. The first-order valence-electron chi connectivity index (χ1n) is 5.54. The summed E-state index contributed by atoms with van der Waals surface area (Å²) in [6, 6.07) is 9.51. The maximum Gasteiger partial charge on any atom is 0.160 e. The lowest BCUT2D eigenvalue weighted by atomic mass is 9.99. The van der Waals surface area contributed by atoms with Crippen molar-refractivity contribution >= 4 is 17.3 Å². The Labute approximate surface area is 112 Å². The van der Waals surface area contributed by atoms with Crippen LogP contribution < -0.4 is 5.32 Å². The quantitative estimate of drug-likeness (QED) is 0.806. The Balaban J connectivity index is 2.84. The second kappa shape index (κ2) is 6.60. The number of halogens is 1. The van der Waals surface area contributed by atoms with Crippen molar-refractivity contribution in [3.8, 4) is 6.07 Å². The van der Waals surface area contributed by atoms with Gasteiger partial charge in [0, 0.05) is 20.6 Å². The first-order valence-corrected chi connectivity index (χ1v) is 5.92. The fraction of sp³-hybridized carbons (Fsp3) is 0.462. The molecule has 1 aromatic rings. The van der Waals surface area contributed by atoms with Gasteiger partial charge in [0.25, 0.3) is 0 Å². The van der Waals surface area contributed by atoms with Gasteiger partial charge in [-0.1, -0.05) is 23.7 Å². The van der Waals surface area contributed by atoms with E-state index in [0.717, 1.165) is 0 Å². The molecule has 0 heterocycles. The second-order valence-corrected chi connectivity index (χ2v) is 4.56. The molecule has 0 radical (unpaired) electrons. The van der Waals surface area contributed by atoms with Gasteiger partial charge in [0.15, 0.2) is 6.29 Å². The molecule has 0 fully saturated rings. The van der Waals surface area contributed by atoms with Crippen molar-refractivity contribution < 1.29 is 9.47 Å². The Morgan fingerprint density at radius 1 is 1.39 bits per heavy atom. The third-order valence-corrected chi connectivity index (χ3v) is 2.96. The van der Waals surface area contributed by atoms with Gasteiger partial charge in [0.1, 0.15) is 5.54 Å². The molecule has 0 aliphatic rings. The van der Waals surface area contributed by atoms with Gasteiger partial charge in [-0.05, 0) is 19.1 Å². The molecule has 1 aromatic carbocycles. The normalized spacial score (nSPS) is 14.0. The van der Waals surface area contributed by atoms with E-state index >= 15 is 0 Å². The zero-order valence-corrected chi connectivity index (χ0v) is 11.5. The maximum atomic E-state index is 9.31. The number of ether oxygens (including phenoxy) is 2. The Morgan fingerprint density at radius 3 is 2.50 bits per heavy atom. The summed E-state index contributed by atoms with van der Waals surface area (Å²) in [7, 11) is 3.09. The standard InChI is InChI=1S/C13H17ClN2O2/c1-13(9-15,8-12(17-2)18-3)16-11-7-5-4-6-10(11)14/h4-7,12,16H,8H2,1-3H3. The van der Waals surface area contributed by atoms with Gasteiger partial charge >= 0.3 is 0 Å². The van der Waals surface area contributed by atoms with Gasteiger partial charge in [-0.25, -0.2) is 0 Å². The molecule has 98 valence electrons. The van der Waals surface area contributed by atoms with E-state index in [-0.39, 0.29) is 0 Å². The lowest BCUT2D eigenvalue weighted by Gasteiger charge is -2.28. The minimum absolute atomic E-state index is 0.391. The van der Waals surface area contributed by atoms with Crippen LogP contribution in [-0.2, 0) is 9.47 Å². The lowest BCUT2D eigenvalue weighted by Crippen LogP contribution is -2.38. The largest absolute Gasteiger partial charge is 0.366 e. The molecule has 5 heteroatoms. The molecule has 1 N–H and O–H groups in total. The monoisotopic (exact) mass is 268 g/mol. The van der Waals surface area contributed by atoms with E-state index < -0.39 is 11.8 Å². The highest BCUT2D eigenvalue weighted by Gasteiger charge is 2.28. The van der Waals surface area contributed by atoms with E-state index in [0.29, 0.717) is 17.1 Å². The predicted octanol–water partition coefficient (Wildman–Crippen LogP) is 3.04. The average Bonchev–Trinajstić information content (AvgIpc) is 2.39. The molecule has 0 saturated carbocycles. The number of hydrogen-bond acceptors (Lipinski definition) is 4. The summed E-state index contributed by atoms with van der Waals surface area (Å²) in [5, 5.41) is 13.0. The molecule has 0 bridgehead atoms. The van der Waals surface area contributed by atoms with Crippen molar-refractivity contribution in [2.75, 3.05) is 19.5 Å². The third kappa shape index (κ3) is 3.88. The van der Waals surface area contributed by atoms with Crippen LogP contribution in [0.2, 0.25) is 5.02 Å². The van der Waals surface area contributed by atoms with Crippen molar-refractivity contribution in [1.82, 2.24) is 0 Å². The molecule has 0 saturated heterocycles. The smallest absolute Gasteiger partial charge is 0.160 e. The molecule has 1 unspecified atom stereocenters. The number of nitriles is 1. The van der Waals surface area contributed by atoms with E-state index in [2.05, 4.69) is 11.4 Å². The van der Waals surface area contributed by atoms with Crippen LogP contribution in [0, 0.1) is 11.3 Å². The molecule has 1 atom stereocenters. The van der Waals surface area contributed by atoms with Crippen LogP contribution in [0.25, 0.3) is 0 Å². The Morgan fingerprint density at radius 2 is 2.00 bits per heavy atom. The number of benzene rings is 1. The summed E-state index contributed by atoms with van der Waals surface area (Å²) < 4.78 is 10.2. The van der Waals surface area contributed by atoms with Crippen molar-refractivity contribution in [3.05, 3.63) is 29.3 Å². The van der Waals surface area contributed by atoms with Crippen molar-refractivity contribution in [2.24, 2.45) is 0 Å². The predicted molar refractivity (Wildman–Crippen MR) is 71.5 cm³/mol. The number of nitrogens with one attached hydrogen (secondary N) is 1. The first-order chi connectivity index (χ1) is 8.54. The minimum atomic E-state index is -0.818. The summed E-state index contributed by atoms with van der Waals surface area (Å²) in [5.41, 5.74) is -0.101. The topological polar surface area (TPSA) is 54.3 Å². The molecule has 0 aromatic heterocycles. The van der Waals surface area contributed by atoms with Crippen LogP contribution in [0.4, 0.5) is 5.69 Å².